The number of amides is 3. The maximum Gasteiger partial charge on any atom is 0.319 e. The van der Waals surface area contributed by atoms with Gasteiger partial charge in [-0.1, -0.05) is 23.8 Å². The monoisotopic (exact) mass is 447 g/mol. The molecule has 4 N–H and O–H groups in total. The third-order valence-electron chi connectivity index (χ3n) is 5.04. The number of benzene rings is 1. The van der Waals surface area contributed by atoms with Crippen molar-refractivity contribution in [3.05, 3.63) is 40.5 Å². The molecule has 1 aliphatic heterocycles. The summed E-state index contributed by atoms with van der Waals surface area (Å²) in [5.74, 6) is -0.577. The summed E-state index contributed by atoms with van der Waals surface area (Å²) in [5, 5.41) is 5.73. The smallest absolute Gasteiger partial charge is 0.319 e. The fourth-order valence-electron chi connectivity index (χ4n) is 3.31. The lowest BCUT2D eigenvalue weighted by Crippen LogP contribution is -2.38. The molecule has 2 heterocycles. The van der Waals surface area contributed by atoms with E-state index in [1.165, 1.54) is 0 Å². The van der Waals surface area contributed by atoms with Crippen LogP contribution in [0.1, 0.15) is 33.5 Å². The van der Waals surface area contributed by atoms with Crippen LogP contribution < -0.4 is 21.1 Å². The van der Waals surface area contributed by atoms with Gasteiger partial charge in [0.25, 0.3) is 5.91 Å². The molecule has 0 spiro atoms. The minimum absolute atomic E-state index is 0.0817. The standard InChI is InChI=1S/C21H29N5O4S/c1-14-4-5-16(15(2)12-14)13-30-19-17(18(22)27)20(31-25-19)24-21(28)23-6-3-7-26-8-10-29-11-9-26/h4-5,12H,3,6-11,13H2,1-2H3,(H2,22,27)(H2,23,24,28). The topological polar surface area (TPSA) is 119 Å². The van der Waals surface area contributed by atoms with Crippen LogP contribution in [0, 0.1) is 13.8 Å². The molecule has 1 aromatic heterocycles. The van der Waals surface area contributed by atoms with Crippen LogP contribution >= 0.6 is 11.5 Å². The minimum Gasteiger partial charge on any atom is -0.472 e. The molecule has 31 heavy (non-hydrogen) atoms. The van der Waals surface area contributed by atoms with Crippen LogP contribution in [0.15, 0.2) is 18.2 Å². The Kier molecular flexibility index (Phi) is 8.21. The Balaban J connectivity index is 1.51. The maximum atomic E-state index is 12.2. The van der Waals surface area contributed by atoms with Gasteiger partial charge in [-0.15, -0.1) is 0 Å². The molecule has 0 unspecified atom stereocenters. The first-order valence-electron chi connectivity index (χ1n) is 10.3. The quantitative estimate of drug-likeness (QED) is 0.508. The van der Waals surface area contributed by atoms with E-state index in [0.29, 0.717) is 6.54 Å². The Labute approximate surface area is 186 Å². The Morgan fingerprint density at radius 1 is 1.29 bits per heavy atom. The van der Waals surface area contributed by atoms with Gasteiger partial charge in [-0.05, 0) is 49.5 Å². The number of urea groups is 1. The first-order chi connectivity index (χ1) is 14.9. The number of hydrogen-bond acceptors (Lipinski definition) is 7. The van der Waals surface area contributed by atoms with Crippen molar-refractivity contribution in [3.63, 3.8) is 0 Å². The summed E-state index contributed by atoms with van der Waals surface area (Å²) < 4.78 is 15.2. The summed E-state index contributed by atoms with van der Waals surface area (Å²) in [6.45, 7) is 9.03. The molecule has 1 saturated heterocycles. The maximum absolute atomic E-state index is 12.2. The van der Waals surface area contributed by atoms with E-state index in [-0.39, 0.29) is 23.1 Å². The first-order valence-corrected chi connectivity index (χ1v) is 11.0. The number of aryl methyl sites for hydroxylation is 2. The second-order valence-electron chi connectivity index (χ2n) is 7.46. The molecule has 0 radical (unpaired) electrons. The largest absolute Gasteiger partial charge is 0.472 e. The minimum atomic E-state index is -0.702. The van der Waals surface area contributed by atoms with Crippen molar-refractivity contribution < 1.29 is 19.1 Å². The van der Waals surface area contributed by atoms with Gasteiger partial charge >= 0.3 is 6.03 Å². The average molecular weight is 448 g/mol. The third kappa shape index (κ3) is 6.65. The zero-order chi connectivity index (χ0) is 22.2. The molecular weight excluding hydrogens is 418 g/mol. The van der Waals surface area contributed by atoms with Gasteiger partial charge < -0.3 is 20.5 Å². The summed E-state index contributed by atoms with van der Waals surface area (Å²) in [6.07, 6.45) is 0.822. The van der Waals surface area contributed by atoms with Crippen LogP contribution in [-0.2, 0) is 11.3 Å². The summed E-state index contributed by atoms with van der Waals surface area (Å²) in [4.78, 5) is 26.5. The van der Waals surface area contributed by atoms with Crippen LogP contribution in [0.4, 0.5) is 9.80 Å². The van der Waals surface area contributed by atoms with Gasteiger partial charge in [-0.3, -0.25) is 15.0 Å². The van der Waals surface area contributed by atoms with Crippen LogP contribution in [0.25, 0.3) is 0 Å². The van der Waals surface area contributed by atoms with E-state index in [9.17, 15) is 9.59 Å². The van der Waals surface area contributed by atoms with Crippen molar-refractivity contribution in [2.45, 2.75) is 26.9 Å². The van der Waals surface area contributed by atoms with Gasteiger partial charge in [0.2, 0.25) is 5.88 Å². The van der Waals surface area contributed by atoms with Crippen molar-refractivity contribution >= 4 is 28.5 Å². The van der Waals surface area contributed by atoms with Crippen LogP contribution in [-0.4, -0.2) is 60.6 Å². The number of aromatic nitrogens is 1. The molecule has 3 rings (SSSR count). The second-order valence-corrected chi connectivity index (χ2v) is 8.24. The molecule has 9 nitrogen and oxygen atoms in total. The lowest BCUT2D eigenvalue weighted by Gasteiger charge is -2.26. The fourth-order valence-corrected chi connectivity index (χ4v) is 4.04. The SMILES string of the molecule is Cc1ccc(COc2nsc(NC(=O)NCCCN3CCOCC3)c2C(N)=O)c(C)c1. The highest BCUT2D eigenvalue weighted by Gasteiger charge is 2.22. The Hall–Kier alpha value is -2.69. The Bertz CT molecular complexity index is 911. The highest BCUT2D eigenvalue weighted by Crippen LogP contribution is 2.31. The predicted octanol–water partition coefficient (Wildman–Crippen LogP) is 2.28. The van der Waals surface area contributed by atoms with Crippen LogP contribution in [0.2, 0.25) is 0 Å². The van der Waals surface area contributed by atoms with E-state index in [2.05, 4.69) is 26.0 Å². The van der Waals surface area contributed by atoms with E-state index >= 15 is 0 Å². The summed E-state index contributed by atoms with van der Waals surface area (Å²) >= 11 is 0.967. The lowest BCUT2D eigenvalue weighted by atomic mass is 10.1. The molecule has 3 amide bonds. The fraction of sp³-hybridized carbons (Fsp3) is 0.476. The molecule has 0 bridgehead atoms. The number of primary amides is 1. The first kappa shape index (κ1) is 23.0. The molecule has 0 saturated carbocycles. The molecule has 168 valence electrons. The predicted molar refractivity (Wildman–Crippen MR) is 120 cm³/mol. The van der Waals surface area contributed by atoms with E-state index in [1.807, 2.05) is 26.0 Å². The van der Waals surface area contributed by atoms with Gasteiger partial charge in [-0.25, -0.2) is 4.79 Å². The number of carbonyl (C=O) groups is 2. The molecule has 0 atom stereocenters. The summed E-state index contributed by atoms with van der Waals surface area (Å²) in [6, 6.07) is 5.63. The lowest BCUT2D eigenvalue weighted by molar-refractivity contribution is 0.0375. The average Bonchev–Trinajstić information content (AvgIpc) is 3.14. The molecule has 1 aliphatic rings. The van der Waals surface area contributed by atoms with E-state index in [4.69, 9.17) is 15.2 Å². The second kappa shape index (κ2) is 11.1. The zero-order valence-electron chi connectivity index (χ0n) is 17.9. The molecule has 1 fully saturated rings. The summed E-state index contributed by atoms with van der Waals surface area (Å²) in [7, 11) is 0. The molecule has 10 heteroatoms. The number of hydrogen-bond donors (Lipinski definition) is 3. The van der Waals surface area contributed by atoms with Gasteiger partial charge in [0.1, 0.15) is 17.2 Å². The normalized spacial score (nSPS) is 14.3. The van der Waals surface area contributed by atoms with Crippen LogP contribution in [0.5, 0.6) is 5.88 Å². The van der Waals surface area contributed by atoms with Crippen molar-refractivity contribution in [1.82, 2.24) is 14.6 Å². The van der Waals surface area contributed by atoms with Gasteiger partial charge in [0, 0.05) is 19.6 Å². The van der Waals surface area contributed by atoms with Crippen molar-refractivity contribution in [2.24, 2.45) is 5.73 Å². The number of nitrogens with two attached hydrogens (primary N) is 1. The number of anilines is 1. The van der Waals surface area contributed by atoms with E-state index in [0.717, 1.165) is 67.5 Å². The van der Waals surface area contributed by atoms with Gasteiger partial charge in [0.05, 0.1) is 13.2 Å². The van der Waals surface area contributed by atoms with Crippen LogP contribution in [0.3, 0.4) is 0 Å². The number of nitrogens with zero attached hydrogens (tertiary/aromatic N) is 2. The molecule has 1 aromatic carbocycles. The highest BCUT2D eigenvalue weighted by molar-refractivity contribution is 7.11. The van der Waals surface area contributed by atoms with Crippen molar-refractivity contribution in [3.8, 4) is 5.88 Å². The molecule has 2 aromatic rings. The zero-order valence-corrected chi connectivity index (χ0v) is 18.7. The van der Waals surface area contributed by atoms with Gasteiger partial charge in [-0.2, -0.15) is 4.37 Å². The van der Waals surface area contributed by atoms with Crippen molar-refractivity contribution in [1.29, 1.82) is 0 Å². The number of nitrogens with one attached hydrogen (secondary N) is 2. The number of ether oxygens (including phenoxy) is 2. The highest BCUT2D eigenvalue weighted by atomic mass is 32.1. The van der Waals surface area contributed by atoms with Gasteiger partial charge in [0.15, 0.2) is 0 Å². The number of rotatable bonds is 9. The number of morpholine rings is 1. The number of carbonyl (C=O) groups excluding carboxylic acids is 2. The third-order valence-corrected chi connectivity index (χ3v) is 5.78. The Morgan fingerprint density at radius 3 is 2.77 bits per heavy atom. The van der Waals surface area contributed by atoms with E-state index < -0.39 is 11.9 Å². The van der Waals surface area contributed by atoms with E-state index in [1.54, 1.807) is 0 Å². The summed E-state index contributed by atoms with van der Waals surface area (Å²) in [5.41, 5.74) is 8.84. The molecular formula is C21H29N5O4S. The van der Waals surface area contributed by atoms with Crippen molar-refractivity contribution in [2.75, 3.05) is 44.7 Å². The molecule has 0 aliphatic carbocycles. The Morgan fingerprint density at radius 2 is 2.06 bits per heavy atom.